The summed E-state index contributed by atoms with van der Waals surface area (Å²) < 4.78 is 14.3. The molecule has 0 aliphatic carbocycles. The Morgan fingerprint density at radius 3 is 2.56 bits per heavy atom. The summed E-state index contributed by atoms with van der Waals surface area (Å²) in [4.78, 5) is 0. The van der Waals surface area contributed by atoms with E-state index in [-0.39, 0.29) is 5.82 Å². The van der Waals surface area contributed by atoms with Crippen LogP contribution in [0.2, 0.25) is 5.02 Å². The van der Waals surface area contributed by atoms with E-state index in [4.69, 9.17) is 11.6 Å². The fraction of sp³-hybridized carbons (Fsp3) is 0.143. The molecule has 0 saturated heterocycles. The second-order valence-electron chi connectivity index (χ2n) is 4.06. The molecule has 0 radical (unpaired) electrons. The second-order valence-corrected chi connectivity index (χ2v) is 5.38. The SMILES string of the molecule is Cc1cc(NCc2ccc(Br)cc2)c(Cl)cc1F. The van der Waals surface area contributed by atoms with Gasteiger partial charge in [0.05, 0.1) is 10.7 Å². The molecule has 94 valence electrons. The summed E-state index contributed by atoms with van der Waals surface area (Å²) in [6.07, 6.45) is 0. The quantitative estimate of drug-likeness (QED) is 0.820. The maximum Gasteiger partial charge on any atom is 0.127 e. The molecular weight excluding hydrogens is 317 g/mol. The molecule has 0 aliphatic heterocycles. The van der Waals surface area contributed by atoms with Gasteiger partial charge in [0, 0.05) is 11.0 Å². The number of hydrogen-bond acceptors (Lipinski definition) is 1. The highest BCUT2D eigenvalue weighted by Crippen LogP contribution is 2.25. The lowest BCUT2D eigenvalue weighted by Gasteiger charge is -2.10. The van der Waals surface area contributed by atoms with Crippen LogP contribution in [0.25, 0.3) is 0 Å². The molecular formula is C14H12BrClFN. The standard InChI is InChI=1S/C14H12BrClFN/c1-9-6-14(12(16)7-13(9)17)18-8-10-2-4-11(15)5-3-10/h2-7,18H,8H2,1H3. The number of benzene rings is 2. The number of hydrogen-bond donors (Lipinski definition) is 1. The molecule has 0 amide bonds. The largest absolute Gasteiger partial charge is 0.380 e. The van der Waals surface area contributed by atoms with Crippen LogP contribution in [0.5, 0.6) is 0 Å². The number of rotatable bonds is 3. The van der Waals surface area contributed by atoms with Gasteiger partial charge in [-0.15, -0.1) is 0 Å². The van der Waals surface area contributed by atoms with Crippen molar-refractivity contribution < 1.29 is 4.39 Å². The van der Waals surface area contributed by atoms with Crippen LogP contribution in [0.3, 0.4) is 0 Å². The van der Waals surface area contributed by atoms with Gasteiger partial charge >= 0.3 is 0 Å². The van der Waals surface area contributed by atoms with Gasteiger partial charge in [-0.2, -0.15) is 0 Å². The van der Waals surface area contributed by atoms with Crippen molar-refractivity contribution in [3.8, 4) is 0 Å². The Labute approximate surface area is 119 Å². The van der Waals surface area contributed by atoms with Crippen LogP contribution in [-0.4, -0.2) is 0 Å². The first kappa shape index (κ1) is 13.4. The molecule has 0 aromatic heterocycles. The van der Waals surface area contributed by atoms with Crippen molar-refractivity contribution in [3.05, 3.63) is 62.8 Å². The van der Waals surface area contributed by atoms with E-state index < -0.39 is 0 Å². The van der Waals surface area contributed by atoms with Crippen molar-refractivity contribution in [1.29, 1.82) is 0 Å². The van der Waals surface area contributed by atoms with Crippen LogP contribution in [0, 0.1) is 12.7 Å². The van der Waals surface area contributed by atoms with E-state index in [0.29, 0.717) is 17.1 Å². The van der Waals surface area contributed by atoms with Crippen LogP contribution in [-0.2, 0) is 6.54 Å². The Balaban J connectivity index is 2.10. The molecule has 1 nitrogen and oxygen atoms in total. The summed E-state index contributed by atoms with van der Waals surface area (Å²) in [6, 6.07) is 11.0. The molecule has 0 atom stereocenters. The third-order valence-corrected chi connectivity index (χ3v) is 3.49. The predicted octanol–water partition coefficient (Wildman–Crippen LogP) is 5.16. The van der Waals surface area contributed by atoms with Crippen LogP contribution in [0.1, 0.15) is 11.1 Å². The van der Waals surface area contributed by atoms with E-state index in [9.17, 15) is 4.39 Å². The minimum atomic E-state index is -0.283. The predicted molar refractivity (Wildman–Crippen MR) is 77.6 cm³/mol. The fourth-order valence-corrected chi connectivity index (χ4v) is 2.07. The average molecular weight is 329 g/mol. The minimum absolute atomic E-state index is 0.283. The Morgan fingerprint density at radius 2 is 1.89 bits per heavy atom. The lowest BCUT2D eigenvalue weighted by Crippen LogP contribution is -2.00. The summed E-state index contributed by atoms with van der Waals surface area (Å²) in [5.41, 5.74) is 2.47. The van der Waals surface area contributed by atoms with Crippen molar-refractivity contribution in [1.82, 2.24) is 0 Å². The zero-order valence-electron chi connectivity index (χ0n) is 9.81. The summed E-state index contributed by atoms with van der Waals surface area (Å²) >= 11 is 9.37. The highest BCUT2D eigenvalue weighted by atomic mass is 79.9. The Kier molecular flexibility index (Phi) is 4.25. The molecule has 0 saturated carbocycles. The summed E-state index contributed by atoms with van der Waals surface area (Å²) in [6.45, 7) is 2.37. The highest BCUT2D eigenvalue weighted by molar-refractivity contribution is 9.10. The summed E-state index contributed by atoms with van der Waals surface area (Å²) in [5, 5.41) is 3.60. The van der Waals surface area contributed by atoms with Gasteiger partial charge in [0.1, 0.15) is 5.82 Å². The zero-order valence-corrected chi connectivity index (χ0v) is 12.1. The minimum Gasteiger partial charge on any atom is -0.380 e. The van der Waals surface area contributed by atoms with Crippen molar-refractivity contribution >= 4 is 33.2 Å². The average Bonchev–Trinajstić information content (AvgIpc) is 2.34. The molecule has 2 rings (SSSR count). The highest BCUT2D eigenvalue weighted by Gasteiger charge is 2.05. The first-order valence-electron chi connectivity index (χ1n) is 5.50. The molecule has 0 aliphatic rings. The monoisotopic (exact) mass is 327 g/mol. The lowest BCUT2D eigenvalue weighted by molar-refractivity contribution is 0.619. The molecule has 0 heterocycles. The van der Waals surface area contributed by atoms with E-state index >= 15 is 0 Å². The third-order valence-electron chi connectivity index (χ3n) is 2.64. The van der Waals surface area contributed by atoms with Gasteiger partial charge in [-0.25, -0.2) is 4.39 Å². The molecule has 1 N–H and O–H groups in total. The van der Waals surface area contributed by atoms with Gasteiger partial charge in [-0.1, -0.05) is 39.7 Å². The third kappa shape index (κ3) is 3.24. The van der Waals surface area contributed by atoms with Crippen LogP contribution >= 0.6 is 27.5 Å². The maximum absolute atomic E-state index is 13.2. The van der Waals surface area contributed by atoms with Crippen LogP contribution < -0.4 is 5.32 Å². The van der Waals surface area contributed by atoms with Crippen LogP contribution in [0.4, 0.5) is 10.1 Å². The number of anilines is 1. The van der Waals surface area contributed by atoms with Gasteiger partial charge < -0.3 is 5.32 Å². The molecule has 18 heavy (non-hydrogen) atoms. The van der Waals surface area contributed by atoms with E-state index in [1.807, 2.05) is 24.3 Å². The first-order valence-corrected chi connectivity index (χ1v) is 6.67. The first-order chi connectivity index (χ1) is 8.56. The van der Waals surface area contributed by atoms with E-state index in [1.54, 1.807) is 13.0 Å². The molecule has 2 aromatic rings. The number of nitrogens with one attached hydrogen (secondary N) is 1. The Morgan fingerprint density at radius 1 is 1.22 bits per heavy atom. The molecule has 0 unspecified atom stereocenters. The van der Waals surface area contributed by atoms with Crippen molar-refractivity contribution in [2.24, 2.45) is 0 Å². The molecule has 0 spiro atoms. The molecule has 2 aromatic carbocycles. The smallest absolute Gasteiger partial charge is 0.127 e. The Bertz CT molecular complexity index is 554. The summed E-state index contributed by atoms with van der Waals surface area (Å²) in [7, 11) is 0. The van der Waals surface area contributed by atoms with Crippen molar-refractivity contribution in [3.63, 3.8) is 0 Å². The zero-order chi connectivity index (χ0) is 13.1. The molecule has 4 heteroatoms. The van der Waals surface area contributed by atoms with Crippen molar-refractivity contribution in [2.75, 3.05) is 5.32 Å². The Hall–Kier alpha value is -1.06. The number of halogens is 3. The van der Waals surface area contributed by atoms with E-state index in [1.165, 1.54) is 6.07 Å². The fourth-order valence-electron chi connectivity index (χ4n) is 1.59. The lowest BCUT2D eigenvalue weighted by atomic mass is 10.2. The maximum atomic E-state index is 13.2. The van der Waals surface area contributed by atoms with Gasteiger partial charge in [-0.3, -0.25) is 0 Å². The van der Waals surface area contributed by atoms with Crippen LogP contribution in [0.15, 0.2) is 40.9 Å². The molecule has 0 fully saturated rings. The second kappa shape index (κ2) is 5.72. The van der Waals surface area contributed by atoms with Crippen molar-refractivity contribution in [2.45, 2.75) is 13.5 Å². The van der Waals surface area contributed by atoms with Gasteiger partial charge in [0.2, 0.25) is 0 Å². The van der Waals surface area contributed by atoms with E-state index in [0.717, 1.165) is 15.7 Å². The molecule has 0 bridgehead atoms. The number of aryl methyl sites for hydroxylation is 1. The normalized spacial score (nSPS) is 10.4. The van der Waals surface area contributed by atoms with Gasteiger partial charge in [0.15, 0.2) is 0 Å². The topological polar surface area (TPSA) is 12.0 Å². The van der Waals surface area contributed by atoms with E-state index in [2.05, 4.69) is 21.2 Å². The van der Waals surface area contributed by atoms with Gasteiger partial charge in [-0.05, 0) is 42.3 Å². The van der Waals surface area contributed by atoms with Gasteiger partial charge in [0.25, 0.3) is 0 Å². The summed E-state index contributed by atoms with van der Waals surface area (Å²) in [5.74, 6) is -0.283.